The van der Waals surface area contributed by atoms with E-state index in [1.165, 1.54) is 12.8 Å². The van der Waals surface area contributed by atoms with Gasteiger partial charge in [-0.25, -0.2) is 0 Å². The molecule has 2 aliphatic rings. The lowest BCUT2D eigenvalue weighted by molar-refractivity contribution is 0.0744. The average molecular weight is 337 g/mol. The first-order valence-electron chi connectivity index (χ1n) is 7.65. The fourth-order valence-corrected chi connectivity index (χ4v) is 4.51. The largest absolute Gasteiger partial charge is 0.371 e. The maximum Gasteiger partial charge on any atom is 0.171 e. The summed E-state index contributed by atoms with van der Waals surface area (Å²) in [7, 11) is 0. The lowest BCUT2D eigenvalue weighted by Gasteiger charge is -2.29. The van der Waals surface area contributed by atoms with E-state index < -0.39 is 0 Å². The summed E-state index contributed by atoms with van der Waals surface area (Å²) < 4.78 is 0. The minimum atomic E-state index is -0.361. The predicted octanol–water partition coefficient (Wildman–Crippen LogP) is 4.86. The second-order valence-electron chi connectivity index (χ2n) is 6.50. The maximum atomic E-state index is 13.0. The number of nitriles is 1. The summed E-state index contributed by atoms with van der Waals surface area (Å²) in [6, 6.07) is 3.91. The van der Waals surface area contributed by atoms with E-state index in [2.05, 4.69) is 12.2 Å². The van der Waals surface area contributed by atoms with Crippen LogP contribution in [0.3, 0.4) is 0 Å². The Morgan fingerprint density at radius 2 is 2.05 bits per heavy atom. The number of hydrogen-bond donors (Lipinski definition) is 1. The third-order valence-corrected chi connectivity index (χ3v) is 6.07. The molecule has 2 aliphatic carbocycles. The van der Waals surface area contributed by atoms with Crippen LogP contribution in [0, 0.1) is 22.7 Å². The summed E-state index contributed by atoms with van der Waals surface area (Å²) in [6.45, 7) is 2.22. The smallest absolute Gasteiger partial charge is 0.171 e. The summed E-state index contributed by atoms with van der Waals surface area (Å²) in [5.41, 5.74) is 1.81. The molecule has 0 radical (unpaired) electrons. The molecule has 0 aliphatic heterocycles. The van der Waals surface area contributed by atoms with Crippen molar-refractivity contribution in [2.75, 3.05) is 11.9 Å². The van der Waals surface area contributed by atoms with Gasteiger partial charge in [-0.1, -0.05) is 43.0 Å². The third-order valence-electron chi connectivity index (χ3n) is 5.21. The van der Waals surface area contributed by atoms with Gasteiger partial charge >= 0.3 is 0 Å². The molecule has 1 aromatic rings. The van der Waals surface area contributed by atoms with Gasteiger partial charge in [0, 0.05) is 11.0 Å². The molecule has 1 saturated carbocycles. The first kappa shape index (κ1) is 15.6. The summed E-state index contributed by atoms with van der Waals surface area (Å²) >= 11 is 12.7. The number of anilines is 1. The van der Waals surface area contributed by atoms with Crippen molar-refractivity contribution >= 4 is 34.7 Å². The number of carbonyl (C=O) groups is 1. The highest BCUT2D eigenvalue weighted by atomic mass is 35.5. The number of benzene rings is 1. The Hall–Kier alpha value is -1.24. The number of carbonyl (C=O) groups excluding carboxylic acids is 1. The zero-order valence-corrected chi connectivity index (χ0v) is 14.0. The molecule has 3 rings (SSSR count). The van der Waals surface area contributed by atoms with Crippen molar-refractivity contribution in [2.45, 2.75) is 39.0 Å². The van der Waals surface area contributed by atoms with Gasteiger partial charge in [0.15, 0.2) is 5.78 Å². The van der Waals surface area contributed by atoms with E-state index in [-0.39, 0.29) is 17.7 Å². The maximum absolute atomic E-state index is 13.0. The Morgan fingerprint density at radius 1 is 1.36 bits per heavy atom. The normalized spacial score (nSPS) is 24.4. The number of nitrogens with one attached hydrogen (secondary N) is 1. The van der Waals surface area contributed by atoms with E-state index >= 15 is 0 Å². The molecule has 0 saturated heterocycles. The van der Waals surface area contributed by atoms with Crippen LogP contribution in [-0.2, 0) is 6.42 Å². The van der Waals surface area contributed by atoms with Crippen molar-refractivity contribution in [3.8, 4) is 6.07 Å². The van der Waals surface area contributed by atoms with Crippen LogP contribution in [0.25, 0.3) is 0 Å². The lowest BCUT2D eigenvalue weighted by atomic mass is 9.73. The monoisotopic (exact) mass is 336 g/mol. The molecular weight excluding hydrogens is 319 g/mol. The van der Waals surface area contributed by atoms with Gasteiger partial charge in [0.25, 0.3) is 0 Å². The zero-order chi connectivity index (χ0) is 15.9. The number of nitrogens with zero attached hydrogens (tertiary/aromatic N) is 1. The van der Waals surface area contributed by atoms with Gasteiger partial charge in [0.05, 0.1) is 21.8 Å². The van der Waals surface area contributed by atoms with Crippen molar-refractivity contribution in [3.05, 3.63) is 27.2 Å². The molecule has 1 fully saturated rings. The molecule has 22 heavy (non-hydrogen) atoms. The Morgan fingerprint density at radius 3 is 2.68 bits per heavy atom. The summed E-state index contributed by atoms with van der Waals surface area (Å²) in [5.74, 6) is 0.561. The quantitative estimate of drug-likeness (QED) is 0.801. The van der Waals surface area contributed by atoms with Crippen LogP contribution in [-0.4, -0.2) is 12.3 Å². The minimum Gasteiger partial charge on any atom is -0.371 e. The summed E-state index contributed by atoms with van der Waals surface area (Å²) in [4.78, 5) is 13.0. The molecule has 0 bridgehead atoms. The number of Topliss-reactive ketones (excluding diaryl/α,β-unsaturated/α-hetero) is 1. The van der Waals surface area contributed by atoms with Crippen LogP contribution in [0.5, 0.6) is 0 Å². The molecule has 0 heterocycles. The SMILES string of the molecule is CC1(C2CCCC2)Cc2cc(NCC#N)c(Cl)c(Cl)c2C1=O. The summed E-state index contributed by atoms with van der Waals surface area (Å²) in [6.07, 6.45) is 5.34. The van der Waals surface area contributed by atoms with Crippen molar-refractivity contribution in [1.82, 2.24) is 0 Å². The first-order valence-corrected chi connectivity index (χ1v) is 8.41. The van der Waals surface area contributed by atoms with Crippen LogP contribution in [0.1, 0.15) is 48.5 Å². The lowest BCUT2D eigenvalue weighted by Crippen LogP contribution is -2.32. The fraction of sp³-hybridized carbons (Fsp3) is 0.529. The molecule has 3 nitrogen and oxygen atoms in total. The van der Waals surface area contributed by atoms with E-state index in [9.17, 15) is 4.79 Å². The van der Waals surface area contributed by atoms with E-state index in [0.717, 1.165) is 18.4 Å². The van der Waals surface area contributed by atoms with E-state index in [1.807, 2.05) is 12.1 Å². The highest BCUT2D eigenvalue weighted by Gasteiger charge is 2.49. The number of rotatable bonds is 3. The van der Waals surface area contributed by atoms with E-state index in [1.54, 1.807) is 0 Å². The Bertz CT molecular complexity index is 674. The molecule has 1 N–H and O–H groups in total. The van der Waals surface area contributed by atoms with Crippen LogP contribution in [0.2, 0.25) is 10.0 Å². The molecule has 5 heteroatoms. The molecule has 1 atom stereocenters. The van der Waals surface area contributed by atoms with Crippen molar-refractivity contribution in [3.63, 3.8) is 0 Å². The number of hydrogen-bond acceptors (Lipinski definition) is 3. The van der Waals surface area contributed by atoms with Crippen molar-refractivity contribution in [2.24, 2.45) is 11.3 Å². The van der Waals surface area contributed by atoms with Crippen LogP contribution in [0.4, 0.5) is 5.69 Å². The minimum absolute atomic E-state index is 0.133. The van der Waals surface area contributed by atoms with Crippen molar-refractivity contribution in [1.29, 1.82) is 5.26 Å². The molecule has 116 valence electrons. The second-order valence-corrected chi connectivity index (χ2v) is 7.26. The highest BCUT2D eigenvalue weighted by molar-refractivity contribution is 6.46. The Balaban J connectivity index is 2.01. The van der Waals surface area contributed by atoms with Gasteiger partial charge < -0.3 is 5.32 Å². The molecule has 1 aromatic carbocycles. The average Bonchev–Trinajstić information content (AvgIpc) is 3.10. The van der Waals surface area contributed by atoms with Gasteiger partial charge in [0.2, 0.25) is 0 Å². The van der Waals surface area contributed by atoms with Gasteiger partial charge in [-0.15, -0.1) is 0 Å². The fourth-order valence-electron chi connectivity index (χ4n) is 3.98. The van der Waals surface area contributed by atoms with Crippen molar-refractivity contribution < 1.29 is 4.79 Å². The molecule has 1 unspecified atom stereocenters. The Kier molecular flexibility index (Phi) is 4.09. The first-order chi connectivity index (χ1) is 10.5. The second kappa shape index (κ2) is 5.76. The third kappa shape index (κ3) is 2.30. The highest BCUT2D eigenvalue weighted by Crippen LogP contribution is 2.51. The van der Waals surface area contributed by atoms with Crippen LogP contribution in [0.15, 0.2) is 6.07 Å². The Labute approximate surface area is 140 Å². The van der Waals surface area contributed by atoms with E-state index in [4.69, 9.17) is 28.5 Å². The topological polar surface area (TPSA) is 52.9 Å². The molecular formula is C17H18Cl2N2O. The predicted molar refractivity (Wildman–Crippen MR) is 88.7 cm³/mol. The number of fused-ring (bicyclic) bond motifs is 1. The molecule has 0 amide bonds. The zero-order valence-electron chi connectivity index (χ0n) is 12.5. The van der Waals surface area contributed by atoms with Gasteiger partial charge in [0.1, 0.15) is 6.54 Å². The standard InChI is InChI=1S/C17H18Cl2N2O/c1-17(11-4-2-3-5-11)9-10-8-12(21-7-6-20)14(18)15(19)13(10)16(17)22/h8,11,21H,2-5,7,9H2,1H3. The van der Waals surface area contributed by atoms with E-state index in [0.29, 0.717) is 33.6 Å². The number of ketones is 1. The molecule has 0 aromatic heterocycles. The van der Waals surface area contributed by atoms with Crippen LogP contribution < -0.4 is 5.32 Å². The van der Waals surface area contributed by atoms with Gasteiger partial charge in [-0.05, 0) is 36.8 Å². The number of halogens is 2. The molecule has 0 spiro atoms. The van der Waals surface area contributed by atoms with Gasteiger partial charge in [-0.3, -0.25) is 4.79 Å². The van der Waals surface area contributed by atoms with Gasteiger partial charge in [-0.2, -0.15) is 5.26 Å². The van der Waals surface area contributed by atoms with Crippen LogP contribution >= 0.6 is 23.2 Å². The summed E-state index contributed by atoms with van der Waals surface area (Å²) in [5, 5.41) is 12.3.